The summed E-state index contributed by atoms with van der Waals surface area (Å²) in [7, 11) is 0. The lowest BCUT2D eigenvalue weighted by Crippen LogP contribution is -2.29. The van der Waals surface area contributed by atoms with Crippen LogP contribution in [0.3, 0.4) is 0 Å². The van der Waals surface area contributed by atoms with Gasteiger partial charge < -0.3 is 5.73 Å². The maximum Gasteiger partial charge on any atom is 0.149 e. The van der Waals surface area contributed by atoms with E-state index in [0.29, 0.717) is 12.3 Å². The monoisotopic (exact) mass is 113 g/mol. The molecule has 8 heavy (non-hydrogen) atoms. The van der Waals surface area contributed by atoms with Crippen molar-refractivity contribution >= 4 is 5.78 Å². The van der Waals surface area contributed by atoms with Gasteiger partial charge in [0.05, 0.1) is 6.04 Å². The van der Waals surface area contributed by atoms with Crippen LogP contribution in [0.5, 0.6) is 0 Å². The highest BCUT2D eigenvalue weighted by Crippen LogP contribution is 2.19. The third kappa shape index (κ3) is 0.757. The van der Waals surface area contributed by atoms with Gasteiger partial charge in [0.15, 0.2) is 0 Å². The summed E-state index contributed by atoms with van der Waals surface area (Å²) < 4.78 is 0. The highest BCUT2D eigenvalue weighted by atomic mass is 16.1. The Morgan fingerprint density at radius 3 is 2.50 bits per heavy atom. The predicted octanol–water partition coefficient (Wildman–Crippen LogP) is 0.313. The number of rotatable bonds is 0. The molecular weight excluding hydrogens is 102 g/mol. The average molecular weight is 113 g/mol. The van der Waals surface area contributed by atoms with E-state index in [0.717, 1.165) is 6.42 Å². The van der Waals surface area contributed by atoms with E-state index in [1.165, 1.54) is 0 Å². The first-order chi connectivity index (χ1) is 3.72. The van der Waals surface area contributed by atoms with Crippen molar-refractivity contribution in [2.75, 3.05) is 0 Å². The quantitative estimate of drug-likeness (QED) is 0.491. The van der Waals surface area contributed by atoms with Gasteiger partial charge in [-0.15, -0.1) is 0 Å². The molecule has 0 bridgehead atoms. The van der Waals surface area contributed by atoms with Gasteiger partial charge in [-0.05, 0) is 12.3 Å². The van der Waals surface area contributed by atoms with E-state index in [9.17, 15) is 4.79 Å². The number of hydrogen-bond acceptors (Lipinski definition) is 2. The van der Waals surface area contributed by atoms with Crippen LogP contribution in [0.25, 0.3) is 0 Å². The van der Waals surface area contributed by atoms with Gasteiger partial charge in [-0.3, -0.25) is 4.79 Å². The van der Waals surface area contributed by atoms with Crippen molar-refractivity contribution in [1.82, 2.24) is 0 Å². The van der Waals surface area contributed by atoms with Crippen LogP contribution in [0.15, 0.2) is 0 Å². The SMILES string of the molecule is C[C@H]1CCC(=O)[C@H]1N. The lowest BCUT2D eigenvalue weighted by molar-refractivity contribution is -0.118. The number of Topliss-reactive ketones (excluding diaryl/α,β-unsaturated/α-hetero) is 1. The Hall–Kier alpha value is -0.370. The first-order valence-electron chi connectivity index (χ1n) is 3.00. The maximum absolute atomic E-state index is 10.7. The molecule has 46 valence electrons. The van der Waals surface area contributed by atoms with Crippen LogP contribution in [-0.4, -0.2) is 11.8 Å². The molecule has 1 aliphatic carbocycles. The molecule has 0 aromatic heterocycles. The minimum Gasteiger partial charge on any atom is -0.321 e. The molecule has 2 nitrogen and oxygen atoms in total. The molecule has 0 aromatic carbocycles. The fourth-order valence-electron chi connectivity index (χ4n) is 1.03. The van der Waals surface area contributed by atoms with Crippen molar-refractivity contribution in [3.05, 3.63) is 0 Å². The van der Waals surface area contributed by atoms with Crippen molar-refractivity contribution in [2.24, 2.45) is 11.7 Å². The molecule has 0 spiro atoms. The normalized spacial score (nSPS) is 38.5. The van der Waals surface area contributed by atoms with Gasteiger partial charge in [-0.25, -0.2) is 0 Å². The molecule has 0 saturated heterocycles. The van der Waals surface area contributed by atoms with Gasteiger partial charge in [0.25, 0.3) is 0 Å². The Kier molecular flexibility index (Phi) is 1.34. The number of ketones is 1. The summed E-state index contributed by atoms with van der Waals surface area (Å²) in [6.07, 6.45) is 1.68. The summed E-state index contributed by atoms with van der Waals surface area (Å²) in [4.78, 5) is 10.7. The van der Waals surface area contributed by atoms with E-state index < -0.39 is 0 Å². The van der Waals surface area contributed by atoms with Crippen LogP contribution in [0.4, 0.5) is 0 Å². The van der Waals surface area contributed by atoms with Crippen molar-refractivity contribution in [3.8, 4) is 0 Å². The molecule has 1 saturated carbocycles. The molecule has 0 aromatic rings. The summed E-state index contributed by atoms with van der Waals surface area (Å²) in [5.74, 6) is 0.653. The molecule has 1 rings (SSSR count). The second-order valence-electron chi connectivity index (χ2n) is 2.51. The molecule has 0 aliphatic heterocycles. The zero-order valence-electron chi connectivity index (χ0n) is 5.05. The molecule has 1 fully saturated rings. The smallest absolute Gasteiger partial charge is 0.149 e. The van der Waals surface area contributed by atoms with E-state index in [1.807, 2.05) is 6.92 Å². The van der Waals surface area contributed by atoms with Crippen LogP contribution >= 0.6 is 0 Å². The molecule has 0 heterocycles. The Morgan fingerprint density at radius 2 is 2.38 bits per heavy atom. The first-order valence-corrected chi connectivity index (χ1v) is 3.00. The summed E-state index contributed by atoms with van der Waals surface area (Å²) in [6, 6.07) is -0.157. The van der Waals surface area contributed by atoms with Gasteiger partial charge in [0.2, 0.25) is 0 Å². The van der Waals surface area contributed by atoms with Crippen molar-refractivity contribution in [3.63, 3.8) is 0 Å². The average Bonchev–Trinajstić information content (AvgIpc) is 1.98. The molecule has 2 atom stereocenters. The number of carbonyl (C=O) groups excluding carboxylic acids is 1. The van der Waals surface area contributed by atoms with Gasteiger partial charge in [-0.2, -0.15) is 0 Å². The van der Waals surface area contributed by atoms with Gasteiger partial charge in [0, 0.05) is 6.42 Å². The Morgan fingerprint density at radius 1 is 1.75 bits per heavy atom. The molecule has 0 amide bonds. The number of hydrogen-bond donors (Lipinski definition) is 1. The van der Waals surface area contributed by atoms with Gasteiger partial charge in [-0.1, -0.05) is 6.92 Å². The highest BCUT2D eigenvalue weighted by Gasteiger charge is 2.27. The zero-order chi connectivity index (χ0) is 6.15. The van der Waals surface area contributed by atoms with Crippen molar-refractivity contribution in [2.45, 2.75) is 25.8 Å². The lowest BCUT2D eigenvalue weighted by atomic mass is 10.1. The second kappa shape index (κ2) is 1.86. The first kappa shape index (κ1) is 5.76. The van der Waals surface area contributed by atoms with Gasteiger partial charge >= 0.3 is 0 Å². The van der Waals surface area contributed by atoms with Crippen LogP contribution in [0.2, 0.25) is 0 Å². The Bertz CT molecular complexity index is 111. The standard InChI is InChI=1S/C6H11NO/c1-4-2-3-5(8)6(4)7/h4,6H,2-3,7H2,1H3/t4-,6-/m0/s1. The van der Waals surface area contributed by atoms with Crippen LogP contribution in [-0.2, 0) is 4.79 Å². The number of carbonyl (C=O) groups is 1. The molecule has 0 radical (unpaired) electrons. The van der Waals surface area contributed by atoms with Crippen molar-refractivity contribution in [1.29, 1.82) is 0 Å². The number of nitrogens with two attached hydrogens (primary N) is 1. The topological polar surface area (TPSA) is 43.1 Å². The Balaban J connectivity index is 2.56. The summed E-state index contributed by atoms with van der Waals surface area (Å²) in [5, 5.41) is 0. The lowest BCUT2D eigenvalue weighted by Gasteiger charge is -2.04. The minimum absolute atomic E-state index is 0.157. The van der Waals surface area contributed by atoms with E-state index in [1.54, 1.807) is 0 Å². The third-order valence-electron chi connectivity index (χ3n) is 1.83. The van der Waals surface area contributed by atoms with Crippen molar-refractivity contribution < 1.29 is 4.79 Å². The largest absolute Gasteiger partial charge is 0.321 e. The molecule has 2 N–H and O–H groups in total. The van der Waals surface area contributed by atoms with Crippen LogP contribution in [0.1, 0.15) is 19.8 Å². The van der Waals surface area contributed by atoms with Gasteiger partial charge in [0.1, 0.15) is 5.78 Å². The molecule has 0 unspecified atom stereocenters. The third-order valence-corrected chi connectivity index (χ3v) is 1.83. The van der Waals surface area contributed by atoms with Crippen LogP contribution in [0, 0.1) is 5.92 Å². The highest BCUT2D eigenvalue weighted by molar-refractivity contribution is 5.86. The summed E-state index contributed by atoms with van der Waals surface area (Å²) in [5.41, 5.74) is 5.47. The maximum atomic E-state index is 10.7. The fraction of sp³-hybridized carbons (Fsp3) is 0.833. The molecule has 1 aliphatic rings. The predicted molar refractivity (Wildman–Crippen MR) is 31.4 cm³/mol. The fourth-order valence-corrected chi connectivity index (χ4v) is 1.03. The van der Waals surface area contributed by atoms with E-state index in [-0.39, 0.29) is 11.8 Å². The minimum atomic E-state index is -0.157. The van der Waals surface area contributed by atoms with Crippen LogP contribution < -0.4 is 5.73 Å². The molecular formula is C6H11NO. The van der Waals surface area contributed by atoms with E-state index in [2.05, 4.69) is 0 Å². The summed E-state index contributed by atoms with van der Waals surface area (Å²) >= 11 is 0. The Labute approximate surface area is 49.1 Å². The van der Waals surface area contributed by atoms with E-state index >= 15 is 0 Å². The van der Waals surface area contributed by atoms with E-state index in [4.69, 9.17) is 5.73 Å². The molecule has 2 heteroatoms. The zero-order valence-corrected chi connectivity index (χ0v) is 5.05. The second-order valence-corrected chi connectivity index (χ2v) is 2.51. The summed E-state index contributed by atoms with van der Waals surface area (Å²) in [6.45, 7) is 2.02.